The Morgan fingerprint density at radius 3 is 2.54 bits per heavy atom. The number of aryl methyl sites for hydroxylation is 1. The standard InChI is InChI=1S/C21H24N4O2S/c1-2-20(26)23-18-6-8-19(9-7-18)28-25-14-12-24(13-15-25)21(27)10-5-17-4-3-11-22-16-17/h2-4,6-9,11,16H,1,5,10,12-15H2,(H,23,26). The Morgan fingerprint density at radius 1 is 1.14 bits per heavy atom. The number of nitrogens with zero attached hydrogens (tertiary/aromatic N) is 3. The lowest BCUT2D eigenvalue weighted by Gasteiger charge is -2.34. The molecule has 0 spiro atoms. The fourth-order valence-electron chi connectivity index (χ4n) is 2.93. The highest BCUT2D eigenvalue weighted by Crippen LogP contribution is 2.25. The number of anilines is 1. The topological polar surface area (TPSA) is 65.5 Å². The van der Waals surface area contributed by atoms with Crippen LogP contribution in [0.2, 0.25) is 0 Å². The zero-order valence-corrected chi connectivity index (χ0v) is 16.5. The van der Waals surface area contributed by atoms with Crippen molar-refractivity contribution in [2.24, 2.45) is 0 Å². The molecular weight excluding hydrogens is 372 g/mol. The Morgan fingerprint density at radius 2 is 1.89 bits per heavy atom. The molecule has 6 nitrogen and oxygen atoms in total. The van der Waals surface area contributed by atoms with Gasteiger partial charge in [0.25, 0.3) is 0 Å². The van der Waals surface area contributed by atoms with E-state index in [-0.39, 0.29) is 11.8 Å². The Labute approximate surface area is 169 Å². The van der Waals surface area contributed by atoms with E-state index in [1.165, 1.54) is 6.08 Å². The van der Waals surface area contributed by atoms with Crippen LogP contribution in [-0.2, 0) is 16.0 Å². The Hall–Kier alpha value is -2.64. The third-order valence-corrected chi connectivity index (χ3v) is 5.59. The molecule has 1 fully saturated rings. The molecule has 1 aromatic heterocycles. The van der Waals surface area contributed by atoms with Gasteiger partial charge in [-0.05, 0) is 60.3 Å². The van der Waals surface area contributed by atoms with Crippen LogP contribution < -0.4 is 5.32 Å². The van der Waals surface area contributed by atoms with Gasteiger partial charge in [0.15, 0.2) is 0 Å². The maximum Gasteiger partial charge on any atom is 0.247 e. The molecule has 0 aliphatic carbocycles. The number of amides is 2. The van der Waals surface area contributed by atoms with Gasteiger partial charge in [-0.25, -0.2) is 4.31 Å². The number of nitrogens with one attached hydrogen (secondary N) is 1. The number of hydrogen-bond donors (Lipinski definition) is 1. The predicted octanol–water partition coefficient (Wildman–Crippen LogP) is 2.99. The summed E-state index contributed by atoms with van der Waals surface area (Å²) in [5, 5.41) is 2.74. The summed E-state index contributed by atoms with van der Waals surface area (Å²) >= 11 is 1.68. The first-order chi connectivity index (χ1) is 13.6. The lowest BCUT2D eigenvalue weighted by molar-refractivity contribution is -0.132. The highest BCUT2D eigenvalue weighted by molar-refractivity contribution is 7.97. The summed E-state index contributed by atoms with van der Waals surface area (Å²) in [6.07, 6.45) is 6.07. The van der Waals surface area contributed by atoms with Gasteiger partial charge in [0.2, 0.25) is 11.8 Å². The van der Waals surface area contributed by atoms with E-state index in [1.807, 2.05) is 47.5 Å². The van der Waals surface area contributed by atoms with Gasteiger partial charge in [0.1, 0.15) is 0 Å². The molecule has 146 valence electrons. The minimum Gasteiger partial charge on any atom is -0.340 e. The highest BCUT2D eigenvalue weighted by Gasteiger charge is 2.21. The molecule has 2 heterocycles. The molecule has 2 amide bonds. The van der Waals surface area contributed by atoms with E-state index in [0.29, 0.717) is 6.42 Å². The number of rotatable bonds is 7. The Bertz CT molecular complexity index is 803. The summed E-state index contributed by atoms with van der Waals surface area (Å²) in [6, 6.07) is 11.6. The van der Waals surface area contributed by atoms with Crippen LogP contribution in [0.3, 0.4) is 0 Å². The number of benzene rings is 1. The fourth-order valence-corrected chi connectivity index (χ4v) is 3.83. The number of carbonyl (C=O) groups excluding carboxylic acids is 2. The molecule has 3 rings (SSSR count). The number of carbonyl (C=O) groups is 2. The van der Waals surface area contributed by atoms with Gasteiger partial charge in [0, 0.05) is 55.6 Å². The van der Waals surface area contributed by atoms with Gasteiger partial charge < -0.3 is 10.2 Å². The summed E-state index contributed by atoms with van der Waals surface area (Å²) < 4.78 is 2.27. The normalized spacial score (nSPS) is 14.5. The average Bonchev–Trinajstić information content (AvgIpc) is 2.74. The van der Waals surface area contributed by atoms with E-state index in [4.69, 9.17) is 0 Å². The second-order valence-corrected chi connectivity index (χ2v) is 7.65. The Kier molecular flexibility index (Phi) is 7.22. The molecule has 2 aromatic rings. The van der Waals surface area contributed by atoms with Crippen molar-refractivity contribution in [3.05, 3.63) is 67.0 Å². The SMILES string of the molecule is C=CC(=O)Nc1ccc(SN2CCN(C(=O)CCc3cccnc3)CC2)cc1. The van der Waals surface area contributed by atoms with E-state index < -0.39 is 0 Å². The molecule has 1 N–H and O–H groups in total. The molecular formula is C21H24N4O2S. The minimum atomic E-state index is -0.218. The van der Waals surface area contributed by atoms with Gasteiger partial charge in [-0.1, -0.05) is 12.6 Å². The second-order valence-electron chi connectivity index (χ2n) is 6.48. The molecule has 1 aliphatic heterocycles. The molecule has 0 saturated carbocycles. The van der Waals surface area contributed by atoms with E-state index in [2.05, 4.69) is 21.2 Å². The quantitative estimate of drug-likeness (QED) is 0.576. The monoisotopic (exact) mass is 396 g/mol. The number of hydrogen-bond acceptors (Lipinski definition) is 5. The summed E-state index contributed by atoms with van der Waals surface area (Å²) in [4.78, 5) is 30.9. The third kappa shape index (κ3) is 5.94. The summed E-state index contributed by atoms with van der Waals surface area (Å²) in [5.41, 5.74) is 1.84. The highest BCUT2D eigenvalue weighted by atomic mass is 32.2. The van der Waals surface area contributed by atoms with Crippen molar-refractivity contribution < 1.29 is 9.59 Å². The third-order valence-electron chi connectivity index (χ3n) is 4.48. The molecule has 0 bridgehead atoms. The first-order valence-corrected chi connectivity index (χ1v) is 10.0. The summed E-state index contributed by atoms with van der Waals surface area (Å²) in [7, 11) is 0. The first-order valence-electron chi connectivity index (χ1n) is 9.27. The van der Waals surface area contributed by atoms with Gasteiger partial charge >= 0.3 is 0 Å². The molecule has 28 heavy (non-hydrogen) atoms. The van der Waals surface area contributed by atoms with Crippen molar-refractivity contribution in [1.29, 1.82) is 0 Å². The van der Waals surface area contributed by atoms with Gasteiger partial charge in [-0.3, -0.25) is 14.6 Å². The van der Waals surface area contributed by atoms with Crippen LogP contribution >= 0.6 is 11.9 Å². The average molecular weight is 397 g/mol. The van der Waals surface area contributed by atoms with E-state index in [0.717, 1.165) is 48.7 Å². The van der Waals surface area contributed by atoms with Crippen LogP contribution in [0.4, 0.5) is 5.69 Å². The van der Waals surface area contributed by atoms with Crippen molar-refractivity contribution >= 4 is 29.4 Å². The maximum absolute atomic E-state index is 12.4. The largest absolute Gasteiger partial charge is 0.340 e. The Balaban J connectivity index is 1.41. The van der Waals surface area contributed by atoms with Crippen molar-refractivity contribution in [3.8, 4) is 0 Å². The van der Waals surface area contributed by atoms with Crippen LogP contribution in [0.1, 0.15) is 12.0 Å². The molecule has 1 saturated heterocycles. The van der Waals surface area contributed by atoms with E-state index in [9.17, 15) is 9.59 Å². The first kappa shape index (κ1) is 20.1. The van der Waals surface area contributed by atoms with Crippen molar-refractivity contribution in [2.75, 3.05) is 31.5 Å². The molecule has 1 aliphatic rings. The smallest absolute Gasteiger partial charge is 0.247 e. The van der Waals surface area contributed by atoms with Crippen LogP contribution in [0.15, 0.2) is 66.3 Å². The molecule has 0 atom stereocenters. The lowest BCUT2D eigenvalue weighted by Crippen LogP contribution is -2.46. The van der Waals surface area contributed by atoms with Gasteiger partial charge in [-0.15, -0.1) is 0 Å². The molecule has 1 aromatic carbocycles. The van der Waals surface area contributed by atoms with E-state index >= 15 is 0 Å². The zero-order valence-electron chi connectivity index (χ0n) is 15.7. The van der Waals surface area contributed by atoms with Crippen molar-refractivity contribution in [1.82, 2.24) is 14.2 Å². The molecule has 0 unspecified atom stereocenters. The van der Waals surface area contributed by atoms with Crippen molar-refractivity contribution in [2.45, 2.75) is 17.7 Å². The van der Waals surface area contributed by atoms with Gasteiger partial charge in [0.05, 0.1) is 0 Å². The van der Waals surface area contributed by atoms with Crippen molar-refractivity contribution in [3.63, 3.8) is 0 Å². The minimum absolute atomic E-state index is 0.204. The van der Waals surface area contributed by atoms with Crippen LogP contribution in [0.5, 0.6) is 0 Å². The number of aromatic nitrogens is 1. The molecule has 7 heteroatoms. The molecule has 0 radical (unpaired) electrons. The summed E-state index contributed by atoms with van der Waals surface area (Å²) in [6.45, 7) is 6.59. The lowest BCUT2D eigenvalue weighted by atomic mass is 10.1. The van der Waals surface area contributed by atoms with E-state index in [1.54, 1.807) is 18.1 Å². The summed E-state index contributed by atoms with van der Waals surface area (Å²) in [5.74, 6) is -0.0134. The number of pyridine rings is 1. The maximum atomic E-state index is 12.4. The van der Waals surface area contributed by atoms with Crippen LogP contribution in [-0.4, -0.2) is 52.2 Å². The van der Waals surface area contributed by atoms with Gasteiger partial charge in [-0.2, -0.15) is 0 Å². The van der Waals surface area contributed by atoms with Crippen LogP contribution in [0, 0.1) is 0 Å². The number of piperazine rings is 1. The zero-order chi connectivity index (χ0) is 19.8. The predicted molar refractivity (Wildman–Crippen MR) is 112 cm³/mol. The second kappa shape index (κ2) is 10.1. The fraction of sp³-hybridized carbons (Fsp3) is 0.286. The van der Waals surface area contributed by atoms with Crippen LogP contribution in [0.25, 0.3) is 0 Å².